The zero-order valence-electron chi connectivity index (χ0n) is 20.9. The number of nitriles is 1. The van der Waals surface area contributed by atoms with Crippen LogP contribution in [0.25, 0.3) is 10.9 Å². The first-order chi connectivity index (χ1) is 18.4. The minimum atomic E-state index is -0.979. The number of nitrogens with zero attached hydrogens (tertiary/aromatic N) is 3. The summed E-state index contributed by atoms with van der Waals surface area (Å²) in [7, 11) is 2.36. The van der Waals surface area contributed by atoms with E-state index in [-0.39, 0.29) is 35.0 Å². The van der Waals surface area contributed by atoms with Crippen LogP contribution in [-0.2, 0) is 23.8 Å². The Bertz CT molecular complexity index is 1540. The monoisotopic (exact) mass is 512 g/mol. The average molecular weight is 513 g/mol. The highest BCUT2D eigenvalue weighted by Gasteiger charge is 2.43. The summed E-state index contributed by atoms with van der Waals surface area (Å²) in [5.41, 5.74) is 7.63. The van der Waals surface area contributed by atoms with Crippen molar-refractivity contribution < 1.29 is 28.6 Å². The normalized spacial score (nSPS) is 15.2. The van der Waals surface area contributed by atoms with Gasteiger partial charge in [-0.3, -0.25) is 4.90 Å². The molecule has 38 heavy (non-hydrogen) atoms. The molecule has 10 heteroatoms. The number of rotatable bonds is 6. The summed E-state index contributed by atoms with van der Waals surface area (Å²) in [5.74, 6) is -3.33. The number of allylic oxidation sites excluding steroid dienone is 1. The molecule has 1 aromatic heterocycles. The first-order valence-electron chi connectivity index (χ1n) is 11.6. The van der Waals surface area contributed by atoms with Crippen LogP contribution in [0.3, 0.4) is 0 Å². The van der Waals surface area contributed by atoms with E-state index in [1.807, 2.05) is 0 Å². The molecular weight excluding hydrogens is 488 g/mol. The molecular formula is C28H24N4O6. The predicted octanol–water partition coefficient (Wildman–Crippen LogP) is 3.31. The maximum Gasteiger partial charge on any atom is 0.356 e. The number of anilines is 1. The molecule has 4 rings (SSSR count). The maximum atomic E-state index is 13.2. The minimum absolute atomic E-state index is 0.0394. The quantitative estimate of drug-likeness (QED) is 0.386. The highest BCUT2D eigenvalue weighted by Crippen LogP contribution is 2.43. The number of hydrogen-bond donors (Lipinski definition) is 1. The van der Waals surface area contributed by atoms with E-state index in [9.17, 15) is 19.6 Å². The topological polar surface area (TPSA) is 145 Å². The lowest BCUT2D eigenvalue weighted by molar-refractivity contribution is -0.139. The van der Waals surface area contributed by atoms with Crippen LogP contribution in [0.1, 0.15) is 28.9 Å². The molecule has 0 fully saturated rings. The smallest absolute Gasteiger partial charge is 0.356 e. The number of pyridine rings is 1. The highest BCUT2D eigenvalue weighted by molar-refractivity contribution is 6.06. The summed E-state index contributed by atoms with van der Waals surface area (Å²) in [4.78, 5) is 44.3. The van der Waals surface area contributed by atoms with Crippen molar-refractivity contribution in [2.24, 2.45) is 5.73 Å². The number of carbonyl (C=O) groups excluding carboxylic acids is 3. The Hall–Kier alpha value is -5.17. The van der Waals surface area contributed by atoms with Crippen LogP contribution >= 0.6 is 0 Å². The summed E-state index contributed by atoms with van der Waals surface area (Å²) < 4.78 is 15.1. The predicted molar refractivity (Wildman–Crippen MR) is 137 cm³/mol. The molecule has 192 valence electrons. The van der Waals surface area contributed by atoms with Gasteiger partial charge in [0.2, 0.25) is 0 Å². The number of fused-ring (bicyclic) bond motifs is 1. The number of hydrogen-bond acceptors (Lipinski definition) is 10. The first kappa shape index (κ1) is 25.9. The zero-order chi connectivity index (χ0) is 27.4. The van der Waals surface area contributed by atoms with Gasteiger partial charge in [0.25, 0.3) is 0 Å². The number of aromatic nitrogens is 1. The fourth-order valence-electron chi connectivity index (χ4n) is 4.34. The molecule has 1 aliphatic heterocycles. The van der Waals surface area contributed by atoms with Crippen molar-refractivity contribution in [2.45, 2.75) is 12.8 Å². The third-order valence-corrected chi connectivity index (χ3v) is 6.03. The van der Waals surface area contributed by atoms with Crippen LogP contribution in [0.2, 0.25) is 0 Å². The van der Waals surface area contributed by atoms with Gasteiger partial charge in [-0.05, 0) is 30.7 Å². The molecule has 0 saturated heterocycles. The van der Waals surface area contributed by atoms with E-state index < -0.39 is 23.8 Å². The molecule has 0 bridgehead atoms. The first-order valence-corrected chi connectivity index (χ1v) is 11.6. The maximum absolute atomic E-state index is 13.2. The number of nitrogens with two attached hydrogens (primary N) is 1. The molecule has 1 unspecified atom stereocenters. The van der Waals surface area contributed by atoms with Crippen molar-refractivity contribution in [1.82, 2.24) is 4.98 Å². The van der Waals surface area contributed by atoms with E-state index in [4.69, 9.17) is 19.9 Å². The fourth-order valence-corrected chi connectivity index (χ4v) is 4.34. The lowest BCUT2D eigenvalue weighted by Gasteiger charge is -2.35. The zero-order valence-corrected chi connectivity index (χ0v) is 20.9. The van der Waals surface area contributed by atoms with E-state index in [2.05, 4.69) is 11.1 Å². The third-order valence-electron chi connectivity index (χ3n) is 6.03. The lowest BCUT2D eigenvalue weighted by Crippen LogP contribution is -2.40. The Balaban J connectivity index is 2.00. The Kier molecular flexibility index (Phi) is 7.39. The molecule has 2 N–H and O–H groups in total. The Morgan fingerprint density at radius 1 is 1.00 bits per heavy atom. The van der Waals surface area contributed by atoms with Gasteiger partial charge in [0.15, 0.2) is 0 Å². The third kappa shape index (κ3) is 4.53. The van der Waals surface area contributed by atoms with Gasteiger partial charge in [-0.25, -0.2) is 19.4 Å². The van der Waals surface area contributed by atoms with Crippen LogP contribution in [0.4, 0.5) is 5.69 Å². The van der Waals surface area contributed by atoms with E-state index in [1.165, 1.54) is 19.1 Å². The average Bonchev–Trinajstić information content (AvgIpc) is 2.95. The molecule has 2 heterocycles. The van der Waals surface area contributed by atoms with Crippen LogP contribution in [0, 0.1) is 11.3 Å². The molecule has 0 radical (unpaired) electrons. The molecule has 2 aromatic carbocycles. The molecule has 1 atom stereocenters. The summed E-state index contributed by atoms with van der Waals surface area (Å²) in [6.07, 6.45) is 0. The minimum Gasteiger partial charge on any atom is -0.466 e. The molecule has 0 spiro atoms. The lowest BCUT2D eigenvalue weighted by atomic mass is 9.81. The number of ether oxygens (including phenoxy) is 3. The van der Waals surface area contributed by atoms with Gasteiger partial charge in [0, 0.05) is 5.39 Å². The molecule has 0 saturated carbocycles. The van der Waals surface area contributed by atoms with E-state index in [0.717, 1.165) is 0 Å². The van der Waals surface area contributed by atoms with Crippen molar-refractivity contribution in [3.63, 3.8) is 0 Å². The second kappa shape index (κ2) is 10.8. The SMILES string of the molecule is CCOC(=O)c1ccc2ccc(N3C(N)=C(C#N)C(c4ccccc4)C(C(=O)OC)=C3C(=O)OC)cc2n1. The molecule has 3 aromatic rings. The fraction of sp³-hybridized carbons (Fsp3) is 0.179. The van der Waals surface area contributed by atoms with Gasteiger partial charge in [-0.1, -0.05) is 42.5 Å². The number of benzene rings is 2. The standard InChI is InChI=1S/C28H24N4O6/c1-4-38-26(33)20-13-11-16-10-12-18(14-21(16)31-20)32-24(28(35)37-3)23(27(34)36-2)22(19(15-29)25(32)30)17-8-6-5-7-9-17/h5-14,22H,4,30H2,1-3H3. The van der Waals surface area contributed by atoms with Crippen molar-refractivity contribution in [2.75, 3.05) is 25.7 Å². The largest absolute Gasteiger partial charge is 0.466 e. The van der Waals surface area contributed by atoms with Crippen molar-refractivity contribution in [3.8, 4) is 6.07 Å². The Labute approximate surface area is 218 Å². The van der Waals surface area contributed by atoms with Gasteiger partial charge < -0.3 is 19.9 Å². The second-order valence-electron chi connectivity index (χ2n) is 8.13. The molecule has 10 nitrogen and oxygen atoms in total. The molecule has 0 aliphatic carbocycles. The van der Waals surface area contributed by atoms with Crippen LogP contribution in [-0.4, -0.2) is 43.7 Å². The molecule has 1 aliphatic rings. The van der Waals surface area contributed by atoms with E-state index in [1.54, 1.807) is 67.6 Å². The van der Waals surface area contributed by atoms with Gasteiger partial charge in [-0.15, -0.1) is 0 Å². The Morgan fingerprint density at radius 2 is 1.68 bits per heavy atom. The summed E-state index contributed by atoms with van der Waals surface area (Å²) in [6, 6.07) is 19.0. The summed E-state index contributed by atoms with van der Waals surface area (Å²) in [6.45, 7) is 1.88. The number of carbonyl (C=O) groups is 3. The highest BCUT2D eigenvalue weighted by atomic mass is 16.5. The summed E-state index contributed by atoms with van der Waals surface area (Å²) in [5, 5.41) is 10.9. The van der Waals surface area contributed by atoms with Gasteiger partial charge in [0.05, 0.1) is 55.2 Å². The van der Waals surface area contributed by atoms with Crippen LogP contribution in [0.15, 0.2) is 83.3 Å². The van der Waals surface area contributed by atoms with Gasteiger partial charge >= 0.3 is 17.9 Å². The van der Waals surface area contributed by atoms with Crippen molar-refractivity contribution in [1.29, 1.82) is 5.26 Å². The van der Waals surface area contributed by atoms with Crippen LogP contribution in [0.5, 0.6) is 0 Å². The Morgan fingerprint density at radius 3 is 2.32 bits per heavy atom. The number of methoxy groups -OCH3 is 2. The van der Waals surface area contributed by atoms with Crippen molar-refractivity contribution in [3.05, 3.63) is 94.6 Å². The van der Waals surface area contributed by atoms with Gasteiger partial charge in [-0.2, -0.15) is 5.26 Å². The molecule has 0 amide bonds. The summed E-state index contributed by atoms with van der Waals surface area (Å²) >= 11 is 0. The van der Waals surface area contributed by atoms with Crippen LogP contribution < -0.4 is 10.6 Å². The van der Waals surface area contributed by atoms with Gasteiger partial charge in [0.1, 0.15) is 17.2 Å². The van der Waals surface area contributed by atoms with E-state index in [0.29, 0.717) is 22.2 Å². The van der Waals surface area contributed by atoms with E-state index >= 15 is 0 Å². The second-order valence-corrected chi connectivity index (χ2v) is 8.13. The van der Waals surface area contributed by atoms with Crippen molar-refractivity contribution >= 4 is 34.5 Å². The number of esters is 3.